The Balaban J connectivity index is 1.07. The predicted octanol–water partition coefficient (Wildman–Crippen LogP) is 4.06. The summed E-state index contributed by atoms with van der Waals surface area (Å²) in [7, 11) is 1.63. The average molecular weight is 475 g/mol. The normalized spacial score (nSPS) is 20.7. The van der Waals surface area contributed by atoms with Crippen LogP contribution in [0.25, 0.3) is 16.2 Å². The van der Waals surface area contributed by atoms with E-state index in [9.17, 15) is 4.79 Å². The lowest BCUT2D eigenvalue weighted by atomic mass is 10.2. The van der Waals surface area contributed by atoms with Crippen molar-refractivity contribution in [2.75, 3.05) is 51.3 Å². The molecule has 1 saturated heterocycles. The third-order valence-electron chi connectivity index (χ3n) is 6.86. The van der Waals surface area contributed by atoms with Gasteiger partial charge in [0.05, 0.1) is 11.8 Å². The molecule has 3 aromatic rings. The molecule has 1 amide bonds. The highest BCUT2D eigenvalue weighted by Gasteiger charge is 2.43. The van der Waals surface area contributed by atoms with Crippen molar-refractivity contribution in [2.24, 2.45) is 11.8 Å². The van der Waals surface area contributed by atoms with E-state index in [1.54, 1.807) is 30.8 Å². The zero-order valence-corrected chi connectivity index (χ0v) is 20.3. The molecule has 176 valence electrons. The van der Waals surface area contributed by atoms with Crippen molar-refractivity contribution < 1.29 is 9.53 Å². The molecule has 2 aliphatic rings. The van der Waals surface area contributed by atoms with Gasteiger partial charge in [-0.2, -0.15) is 4.37 Å². The molecule has 2 aromatic carbocycles. The molecule has 0 unspecified atom stereocenters. The Labute approximate surface area is 204 Å². The van der Waals surface area contributed by atoms with E-state index in [0.717, 1.165) is 49.9 Å². The lowest BCUT2D eigenvalue weighted by Crippen LogP contribution is -2.47. The van der Waals surface area contributed by atoms with E-state index in [2.05, 4.69) is 46.0 Å². The average Bonchev–Trinajstić information content (AvgIpc) is 3.27. The van der Waals surface area contributed by atoms with E-state index in [0.29, 0.717) is 18.4 Å². The number of ether oxygens (including phenoxy) is 1. The van der Waals surface area contributed by atoms with Crippen LogP contribution < -0.4 is 15.0 Å². The van der Waals surface area contributed by atoms with E-state index in [1.807, 2.05) is 24.3 Å². The van der Waals surface area contributed by atoms with Crippen LogP contribution in [0.15, 0.2) is 66.8 Å². The number of piperazine rings is 1. The van der Waals surface area contributed by atoms with Gasteiger partial charge >= 0.3 is 0 Å². The van der Waals surface area contributed by atoms with Crippen LogP contribution in [0.4, 0.5) is 5.82 Å². The zero-order valence-electron chi connectivity index (χ0n) is 19.4. The number of para-hydroxylation sites is 1. The maximum atomic E-state index is 12.3. The Morgan fingerprint density at radius 2 is 1.91 bits per heavy atom. The fourth-order valence-electron chi connectivity index (χ4n) is 4.72. The molecule has 1 saturated carbocycles. The van der Waals surface area contributed by atoms with Crippen LogP contribution in [0.5, 0.6) is 5.75 Å². The lowest BCUT2D eigenvalue weighted by molar-refractivity contribution is -0.116. The predicted molar refractivity (Wildman–Crippen MR) is 139 cm³/mol. The number of hydrogen-bond donors (Lipinski definition) is 1. The zero-order chi connectivity index (χ0) is 23.5. The number of aromatic nitrogens is 1. The second-order valence-corrected chi connectivity index (χ2v) is 9.70. The van der Waals surface area contributed by atoms with Gasteiger partial charge in [0, 0.05) is 68.1 Å². The maximum absolute atomic E-state index is 12.3. The molecule has 2 heterocycles. The Kier molecular flexibility index (Phi) is 6.65. The van der Waals surface area contributed by atoms with Gasteiger partial charge < -0.3 is 15.0 Å². The number of nitrogens with one attached hydrogen (secondary N) is 1. The maximum Gasteiger partial charge on any atom is 0.244 e. The second-order valence-electron chi connectivity index (χ2n) is 8.90. The van der Waals surface area contributed by atoms with Crippen LogP contribution >= 0.6 is 11.5 Å². The summed E-state index contributed by atoms with van der Waals surface area (Å²) in [4.78, 5) is 17.2. The molecule has 0 radical (unpaired) electrons. The fourth-order valence-corrected chi connectivity index (χ4v) is 5.52. The van der Waals surface area contributed by atoms with Crippen molar-refractivity contribution in [1.29, 1.82) is 0 Å². The molecule has 6 nitrogen and oxygen atoms in total. The van der Waals surface area contributed by atoms with Gasteiger partial charge in [-0.15, -0.1) is 0 Å². The summed E-state index contributed by atoms with van der Waals surface area (Å²) < 4.78 is 11.3. The second kappa shape index (κ2) is 9.99. The first-order valence-electron chi connectivity index (χ1n) is 11.7. The lowest BCUT2D eigenvalue weighted by Gasteiger charge is -2.35. The highest BCUT2D eigenvalue weighted by atomic mass is 32.1. The number of fused-ring (bicyclic) bond motifs is 1. The summed E-state index contributed by atoms with van der Waals surface area (Å²) in [6, 6.07) is 16.1. The van der Waals surface area contributed by atoms with Crippen molar-refractivity contribution in [2.45, 2.75) is 0 Å². The molecule has 0 bridgehead atoms. The van der Waals surface area contributed by atoms with Crippen LogP contribution in [-0.2, 0) is 4.79 Å². The SMILES string of the molecule is C=C1[C@H](CNC(=O)/C=C/c2ccccc2OC)[C@H]1CN1CCN(c2nsc3ccccc23)CC1. The fraction of sp³-hybridized carbons (Fsp3) is 0.333. The van der Waals surface area contributed by atoms with E-state index >= 15 is 0 Å². The van der Waals surface area contributed by atoms with Gasteiger partial charge in [0.15, 0.2) is 0 Å². The van der Waals surface area contributed by atoms with Crippen LogP contribution in [-0.4, -0.2) is 61.6 Å². The molecular formula is C27H30N4O2S. The van der Waals surface area contributed by atoms with Gasteiger partial charge in [-0.3, -0.25) is 9.69 Å². The molecule has 2 atom stereocenters. The molecule has 1 aromatic heterocycles. The molecular weight excluding hydrogens is 444 g/mol. The van der Waals surface area contributed by atoms with Crippen LogP contribution in [0, 0.1) is 11.8 Å². The largest absolute Gasteiger partial charge is 0.496 e. The highest BCUT2D eigenvalue weighted by Crippen LogP contribution is 2.44. The smallest absolute Gasteiger partial charge is 0.244 e. The number of hydrogen-bond acceptors (Lipinski definition) is 6. The van der Waals surface area contributed by atoms with E-state index in [4.69, 9.17) is 9.11 Å². The number of carbonyl (C=O) groups is 1. The van der Waals surface area contributed by atoms with Gasteiger partial charge in [-0.25, -0.2) is 0 Å². The molecule has 1 aliphatic carbocycles. The minimum atomic E-state index is -0.0894. The summed E-state index contributed by atoms with van der Waals surface area (Å²) >= 11 is 1.58. The Bertz CT molecular complexity index is 1210. The van der Waals surface area contributed by atoms with Crippen LogP contribution in [0.1, 0.15) is 5.56 Å². The van der Waals surface area contributed by atoms with E-state index in [1.165, 1.54) is 15.7 Å². The number of carbonyl (C=O) groups excluding carboxylic acids is 1. The molecule has 7 heteroatoms. The van der Waals surface area contributed by atoms with Gasteiger partial charge in [0.1, 0.15) is 11.6 Å². The van der Waals surface area contributed by atoms with Gasteiger partial charge in [0.2, 0.25) is 5.91 Å². The van der Waals surface area contributed by atoms with Gasteiger partial charge in [0.25, 0.3) is 0 Å². The highest BCUT2D eigenvalue weighted by molar-refractivity contribution is 7.13. The van der Waals surface area contributed by atoms with Crippen molar-refractivity contribution in [3.05, 3.63) is 72.3 Å². The topological polar surface area (TPSA) is 57.7 Å². The number of rotatable bonds is 8. The standard InChI is InChI=1S/C27H30N4O2S/c1-19-22(17-28-26(32)12-11-20-7-3-5-9-24(20)33-2)23(19)18-30-13-15-31(16-14-30)27-21-8-4-6-10-25(21)34-29-27/h3-12,22-23H,1,13-18H2,2H3,(H,28,32)/b12-11+/t22-,23-/m0/s1. The summed E-state index contributed by atoms with van der Waals surface area (Å²) in [5.74, 6) is 2.62. The monoisotopic (exact) mass is 474 g/mol. The van der Waals surface area contributed by atoms with Crippen molar-refractivity contribution in [3.8, 4) is 5.75 Å². The number of amides is 1. The Hall–Kier alpha value is -3.16. The quantitative estimate of drug-likeness (QED) is 0.394. The summed E-state index contributed by atoms with van der Waals surface area (Å²) in [6.07, 6.45) is 3.36. The first-order valence-corrected chi connectivity index (χ1v) is 12.5. The summed E-state index contributed by atoms with van der Waals surface area (Å²) in [6.45, 7) is 9.93. The van der Waals surface area contributed by atoms with E-state index in [-0.39, 0.29) is 5.91 Å². The van der Waals surface area contributed by atoms with Crippen molar-refractivity contribution in [1.82, 2.24) is 14.6 Å². The van der Waals surface area contributed by atoms with Gasteiger partial charge in [-0.05, 0) is 35.8 Å². The van der Waals surface area contributed by atoms with Crippen molar-refractivity contribution in [3.63, 3.8) is 0 Å². The van der Waals surface area contributed by atoms with E-state index < -0.39 is 0 Å². The minimum Gasteiger partial charge on any atom is -0.496 e. The van der Waals surface area contributed by atoms with Gasteiger partial charge in [-0.1, -0.05) is 42.5 Å². The molecule has 0 spiro atoms. The minimum absolute atomic E-state index is 0.0894. The first kappa shape index (κ1) is 22.6. The molecule has 1 N–H and O–H groups in total. The number of benzene rings is 2. The number of nitrogens with zero attached hydrogens (tertiary/aromatic N) is 3. The first-order chi connectivity index (χ1) is 16.6. The third kappa shape index (κ3) is 4.86. The molecule has 5 rings (SSSR count). The molecule has 34 heavy (non-hydrogen) atoms. The number of methoxy groups -OCH3 is 1. The van der Waals surface area contributed by atoms with Crippen LogP contribution in [0.2, 0.25) is 0 Å². The third-order valence-corrected chi connectivity index (χ3v) is 7.68. The summed E-state index contributed by atoms with van der Waals surface area (Å²) in [5, 5.41) is 4.29. The molecule has 2 fully saturated rings. The Morgan fingerprint density at radius 3 is 2.74 bits per heavy atom. The summed E-state index contributed by atoms with van der Waals surface area (Å²) in [5.41, 5.74) is 2.14. The number of anilines is 1. The van der Waals surface area contributed by atoms with Crippen LogP contribution in [0.3, 0.4) is 0 Å². The van der Waals surface area contributed by atoms with Crippen molar-refractivity contribution >= 4 is 39.4 Å². The molecule has 1 aliphatic heterocycles. The Morgan fingerprint density at radius 1 is 1.15 bits per heavy atom.